The minimum absolute atomic E-state index is 0.140. The molecular formula is C9H16N4O2S. The number of aryl methyl sites for hydroxylation is 1. The van der Waals surface area contributed by atoms with Crippen LogP contribution in [0.4, 0.5) is 0 Å². The topological polar surface area (TPSA) is 76.9 Å². The number of hydrogen-bond acceptors (Lipinski definition) is 5. The lowest BCUT2D eigenvalue weighted by molar-refractivity contribution is 0.493. The van der Waals surface area contributed by atoms with Crippen LogP contribution in [0.25, 0.3) is 0 Å². The molecule has 0 saturated carbocycles. The Kier molecular flexibility index (Phi) is 3.55. The van der Waals surface area contributed by atoms with E-state index < -0.39 is 9.84 Å². The summed E-state index contributed by atoms with van der Waals surface area (Å²) in [6.07, 6.45) is 5.14. The van der Waals surface area contributed by atoms with Gasteiger partial charge in [-0.1, -0.05) is 5.21 Å². The molecule has 2 rings (SSSR count). The number of nitrogens with zero attached hydrogens (tertiary/aromatic N) is 3. The van der Waals surface area contributed by atoms with Crippen molar-refractivity contribution in [2.24, 2.45) is 0 Å². The van der Waals surface area contributed by atoms with Gasteiger partial charge in [0.05, 0.1) is 17.7 Å². The smallest absolute Gasteiger partial charge is 0.151 e. The van der Waals surface area contributed by atoms with E-state index in [1.54, 1.807) is 10.9 Å². The molecule has 0 radical (unpaired) electrons. The van der Waals surface area contributed by atoms with Crippen LogP contribution in [0.15, 0.2) is 12.4 Å². The van der Waals surface area contributed by atoms with Crippen LogP contribution in [0.3, 0.4) is 0 Å². The summed E-state index contributed by atoms with van der Waals surface area (Å²) in [5, 5.41) is 10.8. The molecule has 1 N–H and O–H groups in total. The van der Waals surface area contributed by atoms with Crippen LogP contribution < -0.4 is 5.32 Å². The molecule has 1 aliphatic heterocycles. The van der Waals surface area contributed by atoms with Crippen molar-refractivity contribution < 1.29 is 8.42 Å². The Morgan fingerprint density at radius 2 is 2.38 bits per heavy atom. The Labute approximate surface area is 95.0 Å². The van der Waals surface area contributed by atoms with Crippen molar-refractivity contribution in [3.05, 3.63) is 12.4 Å². The molecule has 1 unspecified atom stereocenters. The Morgan fingerprint density at radius 1 is 1.50 bits per heavy atom. The molecule has 16 heavy (non-hydrogen) atoms. The third-order valence-corrected chi connectivity index (χ3v) is 4.47. The van der Waals surface area contributed by atoms with Crippen LogP contribution in [0.1, 0.15) is 12.8 Å². The first-order valence-corrected chi connectivity index (χ1v) is 7.26. The first kappa shape index (κ1) is 11.5. The van der Waals surface area contributed by atoms with Gasteiger partial charge in [0, 0.05) is 18.8 Å². The van der Waals surface area contributed by atoms with E-state index in [-0.39, 0.29) is 11.8 Å². The minimum atomic E-state index is -2.77. The second-order valence-electron chi connectivity index (χ2n) is 4.07. The fraction of sp³-hybridized carbons (Fsp3) is 0.778. The van der Waals surface area contributed by atoms with E-state index in [1.807, 2.05) is 6.20 Å². The molecule has 2 heterocycles. The molecule has 0 aromatic carbocycles. The summed E-state index contributed by atoms with van der Waals surface area (Å²) in [7, 11) is -2.77. The van der Waals surface area contributed by atoms with Gasteiger partial charge in [0.1, 0.15) is 0 Å². The molecule has 1 atom stereocenters. The average Bonchev–Trinajstić information content (AvgIpc) is 2.82. The van der Waals surface area contributed by atoms with Crippen LogP contribution in [-0.2, 0) is 16.4 Å². The minimum Gasteiger partial charge on any atom is -0.313 e. The van der Waals surface area contributed by atoms with Gasteiger partial charge in [-0.05, 0) is 19.4 Å². The van der Waals surface area contributed by atoms with Gasteiger partial charge >= 0.3 is 0 Å². The van der Waals surface area contributed by atoms with Gasteiger partial charge in [-0.25, -0.2) is 8.42 Å². The summed E-state index contributed by atoms with van der Waals surface area (Å²) in [5.41, 5.74) is 0. The molecule has 1 fully saturated rings. The van der Waals surface area contributed by atoms with Crippen LogP contribution in [0.2, 0.25) is 0 Å². The van der Waals surface area contributed by atoms with Gasteiger partial charge in [0.15, 0.2) is 9.84 Å². The molecule has 90 valence electrons. The fourth-order valence-corrected chi connectivity index (χ4v) is 3.56. The van der Waals surface area contributed by atoms with Gasteiger partial charge in [-0.3, -0.25) is 4.68 Å². The first-order chi connectivity index (χ1) is 7.66. The van der Waals surface area contributed by atoms with Crippen LogP contribution in [0.5, 0.6) is 0 Å². The monoisotopic (exact) mass is 244 g/mol. The van der Waals surface area contributed by atoms with E-state index in [2.05, 4.69) is 15.6 Å². The maximum absolute atomic E-state index is 11.2. The van der Waals surface area contributed by atoms with Crippen LogP contribution >= 0.6 is 0 Å². The number of rotatable bonds is 5. The highest BCUT2D eigenvalue weighted by molar-refractivity contribution is 7.91. The third kappa shape index (κ3) is 3.28. The Hall–Kier alpha value is -0.950. The van der Waals surface area contributed by atoms with E-state index in [1.165, 1.54) is 0 Å². The normalized spacial score (nSPS) is 23.6. The zero-order valence-corrected chi connectivity index (χ0v) is 9.86. The van der Waals surface area contributed by atoms with Gasteiger partial charge < -0.3 is 5.32 Å². The highest BCUT2D eigenvalue weighted by Gasteiger charge is 2.26. The largest absolute Gasteiger partial charge is 0.313 e. The highest BCUT2D eigenvalue weighted by Crippen LogP contribution is 2.10. The van der Waals surface area contributed by atoms with E-state index >= 15 is 0 Å². The van der Waals surface area contributed by atoms with Gasteiger partial charge in [-0.2, -0.15) is 0 Å². The van der Waals surface area contributed by atoms with Crippen molar-refractivity contribution in [3.8, 4) is 0 Å². The third-order valence-electron chi connectivity index (χ3n) is 2.70. The molecule has 1 aliphatic rings. The SMILES string of the molecule is O=S1(=O)CCC(NCCCn2ccnn2)C1. The molecule has 0 aliphatic carbocycles. The molecule has 7 heteroatoms. The quantitative estimate of drug-likeness (QED) is 0.703. The lowest BCUT2D eigenvalue weighted by Crippen LogP contribution is -2.31. The summed E-state index contributed by atoms with van der Waals surface area (Å²) in [5.74, 6) is 0.615. The van der Waals surface area contributed by atoms with Gasteiger partial charge in [-0.15, -0.1) is 5.10 Å². The van der Waals surface area contributed by atoms with Gasteiger partial charge in [0.2, 0.25) is 0 Å². The summed E-state index contributed by atoms with van der Waals surface area (Å²) in [6.45, 7) is 1.63. The van der Waals surface area contributed by atoms with E-state index in [0.29, 0.717) is 5.75 Å². The lowest BCUT2D eigenvalue weighted by atomic mass is 10.2. The van der Waals surface area contributed by atoms with Crippen molar-refractivity contribution in [3.63, 3.8) is 0 Å². The molecule has 0 amide bonds. The summed E-state index contributed by atoms with van der Waals surface area (Å²) in [6, 6.07) is 0.140. The second kappa shape index (κ2) is 4.92. The van der Waals surface area contributed by atoms with E-state index in [9.17, 15) is 8.42 Å². The van der Waals surface area contributed by atoms with Crippen molar-refractivity contribution in [2.45, 2.75) is 25.4 Å². The predicted molar refractivity (Wildman–Crippen MR) is 59.7 cm³/mol. The average molecular weight is 244 g/mol. The van der Waals surface area contributed by atoms with E-state index in [4.69, 9.17) is 0 Å². The fourth-order valence-electron chi connectivity index (χ4n) is 1.86. The van der Waals surface area contributed by atoms with E-state index in [0.717, 1.165) is 25.9 Å². The maximum Gasteiger partial charge on any atom is 0.151 e. The molecule has 0 bridgehead atoms. The molecule has 6 nitrogen and oxygen atoms in total. The Morgan fingerprint density at radius 3 is 3.00 bits per heavy atom. The molecule has 1 saturated heterocycles. The highest BCUT2D eigenvalue weighted by atomic mass is 32.2. The van der Waals surface area contributed by atoms with Crippen LogP contribution in [0, 0.1) is 0 Å². The number of hydrogen-bond donors (Lipinski definition) is 1. The van der Waals surface area contributed by atoms with Crippen molar-refractivity contribution in [1.82, 2.24) is 20.3 Å². The Bertz CT molecular complexity index is 415. The molecule has 0 spiro atoms. The number of aromatic nitrogens is 3. The van der Waals surface area contributed by atoms with Crippen molar-refractivity contribution in [1.29, 1.82) is 0 Å². The molecular weight excluding hydrogens is 228 g/mol. The number of sulfone groups is 1. The van der Waals surface area contributed by atoms with Crippen molar-refractivity contribution in [2.75, 3.05) is 18.1 Å². The standard InChI is InChI=1S/C9H16N4O2S/c14-16(15)7-2-9(8-16)10-3-1-5-13-6-4-11-12-13/h4,6,9-10H,1-3,5,7-8H2. The predicted octanol–water partition coefficient (Wildman–Crippen LogP) is -0.555. The van der Waals surface area contributed by atoms with Crippen molar-refractivity contribution >= 4 is 9.84 Å². The zero-order valence-electron chi connectivity index (χ0n) is 9.04. The zero-order chi connectivity index (χ0) is 11.4. The lowest BCUT2D eigenvalue weighted by Gasteiger charge is -2.09. The molecule has 1 aromatic rings. The first-order valence-electron chi connectivity index (χ1n) is 5.44. The van der Waals surface area contributed by atoms with Crippen LogP contribution in [-0.4, -0.2) is 47.5 Å². The Balaban J connectivity index is 1.62. The molecule has 1 aromatic heterocycles. The second-order valence-corrected chi connectivity index (χ2v) is 6.30. The summed E-state index contributed by atoms with van der Waals surface area (Å²) >= 11 is 0. The van der Waals surface area contributed by atoms with Gasteiger partial charge in [0.25, 0.3) is 0 Å². The maximum atomic E-state index is 11.2. The summed E-state index contributed by atoms with van der Waals surface area (Å²) < 4.78 is 24.2. The number of nitrogens with one attached hydrogen (secondary N) is 1. The summed E-state index contributed by atoms with van der Waals surface area (Å²) in [4.78, 5) is 0.